The highest BCUT2D eigenvalue weighted by Gasteiger charge is 2.19. The van der Waals surface area contributed by atoms with Crippen LogP contribution in [0, 0.1) is 6.92 Å². The van der Waals surface area contributed by atoms with Crippen molar-refractivity contribution in [1.82, 2.24) is 4.98 Å². The highest BCUT2D eigenvalue weighted by atomic mass is 79.9. The van der Waals surface area contributed by atoms with E-state index in [0.717, 1.165) is 16.9 Å². The highest BCUT2D eigenvalue weighted by Crippen LogP contribution is 2.28. The van der Waals surface area contributed by atoms with Gasteiger partial charge in [0.25, 0.3) is 10.0 Å². The summed E-state index contributed by atoms with van der Waals surface area (Å²) in [6.45, 7) is 1.89. The molecule has 0 unspecified atom stereocenters. The zero-order chi connectivity index (χ0) is 12.5. The van der Waals surface area contributed by atoms with Gasteiger partial charge >= 0.3 is 0 Å². The summed E-state index contributed by atoms with van der Waals surface area (Å²) in [7, 11) is -3.55. The molecule has 17 heavy (non-hydrogen) atoms. The molecule has 0 saturated heterocycles. The molecule has 7 heteroatoms. The lowest BCUT2D eigenvalue weighted by Gasteiger charge is -2.05. The van der Waals surface area contributed by atoms with Crippen LogP contribution in [0.4, 0.5) is 5.82 Å². The molecule has 0 atom stereocenters. The van der Waals surface area contributed by atoms with Gasteiger partial charge in [-0.25, -0.2) is 13.4 Å². The number of hydrogen-bond donors (Lipinski definition) is 1. The van der Waals surface area contributed by atoms with Gasteiger partial charge in [0.2, 0.25) is 0 Å². The minimum Gasteiger partial charge on any atom is -0.263 e. The van der Waals surface area contributed by atoms with Crippen LogP contribution in [0.25, 0.3) is 0 Å². The summed E-state index contributed by atoms with van der Waals surface area (Å²) >= 11 is 4.35. The number of pyridine rings is 1. The van der Waals surface area contributed by atoms with Crippen LogP contribution < -0.4 is 4.72 Å². The maximum absolute atomic E-state index is 12.0. The fraction of sp³-hybridized carbons (Fsp3) is 0.100. The van der Waals surface area contributed by atoms with Gasteiger partial charge in [-0.3, -0.25) is 4.72 Å². The molecule has 90 valence electrons. The van der Waals surface area contributed by atoms with Crippen LogP contribution in [0.2, 0.25) is 0 Å². The van der Waals surface area contributed by atoms with E-state index in [4.69, 9.17) is 0 Å². The van der Waals surface area contributed by atoms with Gasteiger partial charge in [0.15, 0.2) is 4.21 Å². The summed E-state index contributed by atoms with van der Waals surface area (Å²) in [5.74, 6) is 0.316. The number of halogens is 1. The largest absolute Gasteiger partial charge is 0.273 e. The summed E-state index contributed by atoms with van der Waals surface area (Å²) in [4.78, 5) is 4.00. The molecule has 2 rings (SSSR count). The molecule has 0 aromatic carbocycles. The Morgan fingerprint density at radius 3 is 2.65 bits per heavy atom. The van der Waals surface area contributed by atoms with Crippen molar-refractivity contribution in [2.24, 2.45) is 0 Å². The second-order valence-electron chi connectivity index (χ2n) is 3.38. The van der Waals surface area contributed by atoms with E-state index in [1.807, 2.05) is 6.92 Å². The summed E-state index contributed by atoms with van der Waals surface area (Å²) in [5.41, 5.74) is 0.977. The number of anilines is 1. The molecule has 2 aromatic rings. The highest BCUT2D eigenvalue weighted by molar-refractivity contribution is 9.10. The first-order chi connectivity index (χ1) is 7.99. The normalized spacial score (nSPS) is 11.4. The lowest BCUT2D eigenvalue weighted by atomic mass is 10.3. The Bertz CT molecular complexity index is 620. The van der Waals surface area contributed by atoms with Crippen LogP contribution >= 0.6 is 27.3 Å². The fourth-order valence-electron chi connectivity index (χ4n) is 1.18. The van der Waals surface area contributed by atoms with Crippen molar-refractivity contribution in [1.29, 1.82) is 0 Å². The molecule has 0 aliphatic carbocycles. The molecule has 0 aliphatic heterocycles. The quantitative estimate of drug-likeness (QED) is 0.939. The smallest absolute Gasteiger partial charge is 0.263 e. The molecule has 0 aliphatic rings. The average molecular weight is 333 g/mol. The zero-order valence-electron chi connectivity index (χ0n) is 8.84. The maximum atomic E-state index is 12.0. The first-order valence-electron chi connectivity index (χ1n) is 4.67. The van der Waals surface area contributed by atoms with Crippen LogP contribution in [-0.4, -0.2) is 13.4 Å². The van der Waals surface area contributed by atoms with E-state index in [-0.39, 0.29) is 4.21 Å². The van der Waals surface area contributed by atoms with Crippen LogP contribution in [0.5, 0.6) is 0 Å². The summed E-state index contributed by atoms with van der Waals surface area (Å²) in [6.07, 6.45) is 1.61. The van der Waals surface area contributed by atoms with Gasteiger partial charge in [-0.15, -0.1) is 11.3 Å². The fourth-order valence-corrected chi connectivity index (χ4v) is 4.53. The maximum Gasteiger partial charge on any atom is 0.273 e. The summed E-state index contributed by atoms with van der Waals surface area (Å²) in [6, 6.07) is 5.13. The van der Waals surface area contributed by atoms with E-state index in [2.05, 4.69) is 25.6 Å². The number of nitrogens with one attached hydrogen (secondary N) is 1. The van der Waals surface area contributed by atoms with Crippen molar-refractivity contribution in [3.63, 3.8) is 0 Å². The van der Waals surface area contributed by atoms with Crippen LogP contribution in [-0.2, 0) is 10.0 Å². The number of sulfonamides is 1. The lowest BCUT2D eigenvalue weighted by molar-refractivity contribution is 0.602. The Morgan fingerprint density at radius 2 is 2.12 bits per heavy atom. The molecule has 0 amide bonds. The van der Waals surface area contributed by atoms with E-state index in [9.17, 15) is 8.42 Å². The van der Waals surface area contributed by atoms with Crippen LogP contribution in [0.15, 0.2) is 38.5 Å². The number of aryl methyl sites for hydroxylation is 1. The number of thiophene rings is 1. The predicted octanol–water partition coefficient (Wildman–Crippen LogP) is 3.01. The van der Waals surface area contributed by atoms with Crippen molar-refractivity contribution in [3.8, 4) is 0 Å². The minimum absolute atomic E-state index is 0.250. The molecule has 4 nitrogen and oxygen atoms in total. The van der Waals surface area contributed by atoms with E-state index in [1.165, 1.54) is 0 Å². The number of aromatic nitrogens is 1. The molecular formula is C10H9BrN2O2S2. The van der Waals surface area contributed by atoms with Crippen molar-refractivity contribution >= 4 is 43.1 Å². The van der Waals surface area contributed by atoms with Crippen molar-refractivity contribution in [2.45, 2.75) is 11.1 Å². The molecule has 0 saturated carbocycles. The van der Waals surface area contributed by atoms with Crippen LogP contribution in [0.3, 0.4) is 0 Å². The molecule has 0 radical (unpaired) electrons. The summed E-state index contributed by atoms with van der Waals surface area (Å²) < 4.78 is 27.2. The molecule has 0 fully saturated rings. The third kappa shape index (κ3) is 2.85. The molecule has 2 heterocycles. The van der Waals surface area contributed by atoms with Gasteiger partial charge < -0.3 is 0 Å². The lowest BCUT2D eigenvalue weighted by Crippen LogP contribution is -2.12. The monoisotopic (exact) mass is 332 g/mol. The number of nitrogens with zero attached hydrogens (tertiary/aromatic N) is 1. The Hall–Kier alpha value is -0.920. The second-order valence-corrected chi connectivity index (χ2v) is 7.03. The van der Waals surface area contributed by atoms with Gasteiger partial charge in [-0.1, -0.05) is 6.07 Å². The molecule has 1 N–H and O–H groups in total. The van der Waals surface area contributed by atoms with E-state index in [0.29, 0.717) is 10.3 Å². The Kier molecular flexibility index (Phi) is 3.50. The average Bonchev–Trinajstić information content (AvgIpc) is 2.68. The van der Waals surface area contributed by atoms with Crippen LogP contribution in [0.1, 0.15) is 5.56 Å². The Balaban J connectivity index is 2.30. The standard InChI is InChI=1S/C10H9BrN2O2S2/c1-7-2-3-9(12-6-7)13-17(14,15)10-8(11)4-5-16-10/h2-6H,1H3,(H,12,13). The predicted molar refractivity (Wildman–Crippen MR) is 71.8 cm³/mol. The first kappa shape index (κ1) is 12.5. The Morgan fingerprint density at radius 1 is 1.35 bits per heavy atom. The van der Waals surface area contributed by atoms with E-state index >= 15 is 0 Å². The third-order valence-corrected chi connectivity index (χ3v) is 6.00. The van der Waals surface area contributed by atoms with Crippen molar-refractivity contribution in [3.05, 3.63) is 39.8 Å². The van der Waals surface area contributed by atoms with Gasteiger partial charge in [0, 0.05) is 10.7 Å². The van der Waals surface area contributed by atoms with Gasteiger partial charge in [0.1, 0.15) is 5.82 Å². The Labute approximate surface area is 112 Å². The minimum atomic E-state index is -3.55. The van der Waals surface area contributed by atoms with E-state index in [1.54, 1.807) is 29.8 Å². The number of hydrogen-bond acceptors (Lipinski definition) is 4. The molecule has 0 spiro atoms. The number of rotatable bonds is 3. The van der Waals surface area contributed by atoms with Gasteiger partial charge in [-0.05, 0) is 45.9 Å². The van der Waals surface area contributed by atoms with Crippen molar-refractivity contribution in [2.75, 3.05) is 4.72 Å². The molecular weight excluding hydrogens is 324 g/mol. The molecule has 2 aromatic heterocycles. The zero-order valence-corrected chi connectivity index (χ0v) is 12.1. The van der Waals surface area contributed by atoms with Crippen molar-refractivity contribution < 1.29 is 8.42 Å². The summed E-state index contributed by atoms with van der Waals surface area (Å²) in [5, 5.41) is 1.71. The van der Waals surface area contributed by atoms with Gasteiger partial charge in [0.05, 0.1) is 0 Å². The van der Waals surface area contributed by atoms with Gasteiger partial charge in [-0.2, -0.15) is 0 Å². The van der Waals surface area contributed by atoms with E-state index < -0.39 is 10.0 Å². The molecule has 0 bridgehead atoms. The third-order valence-electron chi connectivity index (χ3n) is 1.98. The second kappa shape index (κ2) is 4.75. The first-order valence-corrected chi connectivity index (χ1v) is 7.83. The topological polar surface area (TPSA) is 59.1 Å². The SMILES string of the molecule is Cc1ccc(NS(=O)(=O)c2sccc2Br)nc1.